The summed E-state index contributed by atoms with van der Waals surface area (Å²) in [5.41, 5.74) is 0.648. The number of furan rings is 1. The Bertz CT molecular complexity index is 1200. The zero-order chi connectivity index (χ0) is 22.4. The van der Waals surface area contributed by atoms with Gasteiger partial charge in [-0.2, -0.15) is 0 Å². The Hall–Kier alpha value is -3.72. The highest BCUT2D eigenvalue weighted by molar-refractivity contribution is 7.92. The molecule has 0 spiro atoms. The monoisotopic (exact) mass is 442 g/mol. The summed E-state index contributed by atoms with van der Waals surface area (Å²) in [4.78, 5) is 12.1. The fourth-order valence-corrected chi connectivity index (χ4v) is 3.97. The molecule has 3 rings (SSSR count). The number of sulfonamides is 1. The molecule has 3 aromatic rings. The smallest absolute Gasteiger partial charge is 0.265 e. The lowest BCUT2D eigenvalue weighted by Crippen LogP contribution is -2.15. The lowest BCUT2D eigenvalue weighted by molar-refractivity contribution is -0.111. The second kappa shape index (κ2) is 9.40. The van der Waals surface area contributed by atoms with Crippen molar-refractivity contribution < 1.29 is 27.1 Å². The molecule has 0 aliphatic rings. The average Bonchev–Trinajstić information content (AvgIpc) is 3.17. The molecular weight excluding hydrogens is 420 g/mol. The van der Waals surface area contributed by atoms with Crippen molar-refractivity contribution in [2.75, 3.05) is 24.3 Å². The second-order valence-electron chi connectivity index (χ2n) is 6.47. The molecule has 1 amide bonds. The number of aryl methyl sites for hydroxylation is 1. The summed E-state index contributed by atoms with van der Waals surface area (Å²) in [7, 11) is -1.09. The van der Waals surface area contributed by atoms with Crippen molar-refractivity contribution in [2.24, 2.45) is 0 Å². The predicted octanol–water partition coefficient (Wildman–Crippen LogP) is 4.06. The van der Waals surface area contributed by atoms with Gasteiger partial charge in [-0.25, -0.2) is 8.42 Å². The molecule has 0 saturated carbocycles. The summed E-state index contributed by atoms with van der Waals surface area (Å²) in [5.74, 6) is 1.57. The highest BCUT2D eigenvalue weighted by atomic mass is 32.2. The lowest BCUT2D eigenvalue weighted by atomic mass is 10.3. The minimum Gasteiger partial charge on any atom is -0.497 e. The Morgan fingerprint density at radius 3 is 2.29 bits per heavy atom. The number of amides is 1. The van der Waals surface area contributed by atoms with Gasteiger partial charge in [0.05, 0.1) is 14.2 Å². The molecule has 9 heteroatoms. The van der Waals surface area contributed by atoms with Crippen molar-refractivity contribution in [1.82, 2.24) is 0 Å². The average molecular weight is 442 g/mol. The third-order valence-electron chi connectivity index (χ3n) is 4.22. The topological polar surface area (TPSA) is 107 Å². The first kappa shape index (κ1) is 22.0. The third kappa shape index (κ3) is 5.67. The van der Waals surface area contributed by atoms with E-state index in [1.807, 2.05) is 0 Å². The van der Waals surface area contributed by atoms with Gasteiger partial charge in [0.2, 0.25) is 5.91 Å². The Kier molecular flexibility index (Phi) is 6.66. The van der Waals surface area contributed by atoms with Crippen LogP contribution in [0.4, 0.5) is 11.4 Å². The minimum atomic E-state index is -3.99. The number of nitrogens with one attached hydrogen (secondary N) is 2. The molecule has 2 aromatic carbocycles. The molecule has 162 valence electrons. The van der Waals surface area contributed by atoms with Crippen LogP contribution in [-0.4, -0.2) is 28.5 Å². The van der Waals surface area contributed by atoms with Crippen LogP contribution in [0.1, 0.15) is 11.5 Å². The van der Waals surface area contributed by atoms with Gasteiger partial charge in [0.15, 0.2) is 0 Å². The van der Waals surface area contributed by atoms with E-state index in [4.69, 9.17) is 13.9 Å². The summed E-state index contributed by atoms with van der Waals surface area (Å²) >= 11 is 0. The quantitative estimate of drug-likeness (QED) is 0.510. The van der Waals surface area contributed by atoms with Gasteiger partial charge in [0, 0.05) is 17.5 Å². The molecule has 0 radical (unpaired) electrons. The molecule has 0 saturated heterocycles. The van der Waals surface area contributed by atoms with Gasteiger partial charge in [-0.05, 0) is 67.6 Å². The van der Waals surface area contributed by atoms with Gasteiger partial charge < -0.3 is 19.2 Å². The zero-order valence-corrected chi connectivity index (χ0v) is 18.0. The van der Waals surface area contributed by atoms with Crippen LogP contribution in [0.3, 0.4) is 0 Å². The molecule has 1 heterocycles. The van der Waals surface area contributed by atoms with E-state index in [1.54, 1.807) is 49.4 Å². The summed E-state index contributed by atoms with van der Waals surface area (Å²) in [6, 6.07) is 14.3. The van der Waals surface area contributed by atoms with Crippen LogP contribution in [0.25, 0.3) is 6.08 Å². The molecule has 0 aliphatic carbocycles. The first-order valence-electron chi connectivity index (χ1n) is 9.21. The van der Waals surface area contributed by atoms with Crippen molar-refractivity contribution in [3.8, 4) is 11.5 Å². The molecule has 0 aliphatic heterocycles. The lowest BCUT2D eigenvalue weighted by Gasteiger charge is -2.13. The number of carbonyl (C=O) groups excluding carboxylic acids is 1. The van der Waals surface area contributed by atoms with Gasteiger partial charge >= 0.3 is 0 Å². The number of carbonyl (C=O) groups is 1. The maximum absolute atomic E-state index is 12.9. The highest BCUT2D eigenvalue weighted by Gasteiger charge is 2.21. The number of methoxy groups -OCH3 is 2. The summed E-state index contributed by atoms with van der Waals surface area (Å²) in [6.07, 6.45) is 2.82. The van der Waals surface area contributed by atoms with Crippen molar-refractivity contribution in [3.05, 3.63) is 72.2 Å². The van der Waals surface area contributed by atoms with E-state index >= 15 is 0 Å². The number of anilines is 2. The van der Waals surface area contributed by atoms with Crippen LogP contribution in [0.15, 0.2) is 70.0 Å². The minimum absolute atomic E-state index is 0.116. The van der Waals surface area contributed by atoms with E-state index < -0.39 is 15.9 Å². The summed E-state index contributed by atoms with van der Waals surface area (Å²) in [5, 5.41) is 2.63. The van der Waals surface area contributed by atoms with E-state index in [0.29, 0.717) is 22.9 Å². The highest BCUT2D eigenvalue weighted by Crippen LogP contribution is 2.29. The molecular formula is C22H22N2O6S. The van der Waals surface area contributed by atoms with Gasteiger partial charge in [-0.15, -0.1) is 0 Å². The van der Waals surface area contributed by atoms with Crippen molar-refractivity contribution in [2.45, 2.75) is 11.8 Å². The molecule has 0 fully saturated rings. The maximum Gasteiger partial charge on any atom is 0.265 e. The van der Waals surface area contributed by atoms with Crippen LogP contribution < -0.4 is 19.5 Å². The maximum atomic E-state index is 12.9. The third-order valence-corrected chi connectivity index (χ3v) is 5.63. The van der Waals surface area contributed by atoms with E-state index in [0.717, 1.165) is 5.76 Å². The summed E-state index contributed by atoms with van der Waals surface area (Å²) < 4.78 is 44.0. The van der Waals surface area contributed by atoms with Crippen LogP contribution in [0.5, 0.6) is 11.5 Å². The zero-order valence-electron chi connectivity index (χ0n) is 17.2. The molecule has 0 atom stereocenters. The van der Waals surface area contributed by atoms with Gasteiger partial charge in [0.25, 0.3) is 10.0 Å². The first-order chi connectivity index (χ1) is 14.8. The molecule has 0 unspecified atom stereocenters. The number of ether oxygens (including phenoxy) is 2. The molecule has 31 heavy (non-hydrogen) atoms. The Morgan fingerprint density at radius 2 is 1.68 bits per heavy atom. The van der Waals surface area contributed by atoms with Crippen LogP contribution in [0, 0.1) is 6.92 Å². The van der Waals surface area contributed by atoms with Crippen LogP contribution in [-0.2, 0) is 14.8 Å². The van der Waals surface area contributed by atoms with Gasteiger partial charge in [-0.3, -0.25) is 9.52 Å². The first-order valence-corrected chi connectivity index (χ1v) is 10.7. The van der Waals surface area contributed by atoms with Crippen molar-refractivity contribution >= 4 is 33.4 Å². The Labute approximate surface area is 180 Å². The summed E-state index contributed by atoms with van der Waals surface area (Å²) in [6.45, 7) is 1.80. The number of hydrogen-bond donors (Lipinski definition) is 2. The Balaban J connectivity index is 1.80. The molecule has 8 nitrogen and oxygen atoms in total. The van der Waals surface area contributed by atoms with Crippen LogP contribution >= 0.6 is 0 Å². The van der Waals surface area contributed by atoms with Crippen molar-refractivity contribution in [3.63, 3.8) is 0 Å². The second-order valence-corrected chi connectivity index (χ2v) is 8.12. The van der Waals surface area contributed by atoms with Gasteiger partial charge in [0.1, 0.15) is 27.9 Å². The fourth-order valence-electron chi connectivity index (χ4n) is 2.72. The van der Waals surface area contributed by atoms with E-state index in [9.17, 15) is 13.2 Å². The SMILES string of the molecule is COc1ccc(NS(=O)(=O)c2cc(NC(=O)/C=C/c3ccc(C)o3)ccc2OC)cc1. The van der Waals surface area contributed by atoms with Gasteiger partial charge in [-0.1, -0.05) is 0 Å². The number of benzene rings is 2. The number of rotatable bonds is 8. The normalized spacial score (nSPS) is 11.3. The number of hydrogen-bond acceptors (Lipinski definition) is 6. The van der Waals surface area contributed by atoms with E-state index in [-0.39, 0.29) is 10.6 Å². The molecule has 1 aromatic heterocycles. The van der Waals surface area contributed by atoms with Crippen LogP contribution in [0.2, 0.25) is 0 Å². The van der Waals surface area contributed by atoms with E-state index in [1.165, 1.54) is 38.5 Å². The molecule has 0 bridgehead atoms. The predicted molar refractivity (Wildman–Crippen MR) is 118 cm³/mol. The standard InChI is InChI=1S/C22H22N2O6S/c1-15-4-8-19(30-15)11-13-22(25)23-17-7-12-20(29-3)21(14-17)31(26,27)24-16-5-9-18(28-2)10-6-16/h4-14,24H,1-3H3,(H,23,25)/b13-11+. The molecule has 2 N–H and O–H groups in total. The van der Waals surface area contributed by atoms with Crippen molar-refractivity contribution in [1.29, 1.82) is 0 Å². The van der Waals surface area contributed by atoms with E-state index in [2.05, 4.69) is 10.0 Å². The Morgan fingerprint density at radius 1 is 0.968 bits per heavy atom. The fraction of sp³-hybridized carbons (Fsp3) is 0.136. The largest absolute Gasteiger partial charge is 0.497 e.